The fourth-order valence-electron chi connectivity index (χ4n) is 2.01. The van der Waals surface area contributed by atoms with Crippen molar-refractivity contribution in [1.82, 2.24) is 4.72 Å². The van der Waals surface area contributed by atoms with Crippen molar-refractivity contribution in [1.29, 1.82) is 0 Å². The van der Waals surface area contributed by atoms with Crippen LogP contribution in [0.1, 0.15) is 50.4 Å². The maximum atomic E-state index is 12.3. The first-order valence-electron chi connectivity index (χ1n) is 7.22. The van der Waals surface area contributed by atoms with E-state index < -0.39 is 24.0 Å². The lowest BCUT2D eigenvalue weighted by Crippen LogP contribution is -2.34. The van der Waals surface area contributed by atoms with E-state index in [1.54, 1.807) is 0 Å². The van der Waals surface area contributed by atoms with Gasteiger partial charge >= 0.3 is 0 Å². The van der Waals surface area contributed by atoms with Crippen LogP contribution < -0.4 is 9.46 Å². The molecule has 0 saturated heterocycles. The number of ether oxygens (including phenoxy) is 1. The molecule has 0 saturated carbocycles. The summed E-state index contributed by atoms with van der Waals surface area (Å²) in [7, 11) is -1.18. The van der Waals surface area contributed by atoms with Crippen LogP contribution in [0.15, 0.2) is 12.1 Å². The van der Waals surface area contributed by atoms with Crippen LogP contribution in [0.4, 0.5) is 8.78 Å². The second kappa shape index (κ2) is 7.51. The summed E-state index contributed by atoms with van der Waals surface area (Å²) in [5.41, 5.74) is 2.55. The summed E-state index contributed by atoms with van der Waals surface area (Å²) in [5, 5.41) is 0. The van der Waals surface area contributed by atoms with Crippen LogP contribution in [0.2, 0.25) is 0 Å². The Morgan fingerprint density at radius 1 is 1.23 bits per heavy atom. The average molecular weight is 333 g/mol. The van der Waals surface area contributed by atoms with E-state index in [1.165, 1.54) is 0 Å². The maximum Gasteiger partial charge on any atom is 0.272 e. The molecule has 1 aromatic carbocycles. The minimum Gasteiger partial charge on any atom is -0.487 e. The minimum atomic E-state index is -2.49. The first kappa shape index (κ1) is 19.0. The molecule has 6 heteroatoms. The molecular weight excluding hydrogens is 308 g/mol. The molecule has 0 aliphatic heterocycles. The van der Waals surface area contributed by atoms with E-state index in [4.69, 9.17) is 4.74 Å². The first-order chi connectivity index (χ1) is 10.0. The van der Waals surface area contributed by atoms with Gasteiger partial charge in [-0.3, -0.25) is 0 Å². The van der Waals surface area contributed by atoms with E-state index in [2.05, 4.69) is 4.72 Å². The number of halogens is 2. The predicted molar refractivity (Wildman–Crippen MR) is 86.9 cm³/mol. The lowest BCUT2D eigenvalue weighted by atomic mass is 10.0. The summed E-state index contributed by atoms with van der Waals surface area (Å²) in [5.74, 6) is 0.494. The molecular formula is C16H25F2NO2S. The van der Waals surface area contributed by atoms with Gasteiger partial charge in [0, 0.05) is 6.04 Å². The van der Waals surface area contributed by atoms with E-state index in [0.717, 1.165) is 16.7 Å². The van der Waals surface area contributed by atoms with Gasteiger partial charge in [-0.05, 0) is 58.2 Å². The molecule has 0 amide bonds. The van der Waals surface area contributed by atoms with Crippen LogP contribution >= 0.6 is 0 Å². The molecule has 3 nitrogen and oxygen atoms in total. The normalized spacial score (nSPS) is 15.0. The van der Waals surface area contributed by atoms with Crippen LogP contribution in [0, 0.1) is 13.8 Å². The zero-order valence-electron chi connectivity index (χ0n) is 14.0. The molecule has 0 aliphatic carbocycles. The molecule has 1 unspecified atom stereocenters. The average Bonchev–Trinajstić information content (AvgIpc) is 2.35. The number of aryl methyl sites for hydroxylation is 2. The van der Waals surface area contributed by atoms with E-state index in [9.17, 15) is 13.0 Å². The SMILES string of the molecule is Cc1cc([C@@H](C)NS(=O)C(C)(C)C)cc(C)c1OCC(F)F. The molecule has 0 fully saturated rings. The number of benzene rings is 1. The van der Waals surface area contributed by atoms with Crippen molar-refractivity contribution < 1.29 is 17.7 Å². The van der Waals surface area contributed by atoms with E-state index in [-0.39, 0.29) is 10.8 Å². The van der Waals surface area contributed by atoms with Crippen LogP contribution in [-0.4, -0.2) is 22.0 Å². The second-order valence-electron chi connectivity index (χ2n) is 6.41. The second-order valence-corrected chi connectivity index (χ2v) is 8.40. The molecule has 1 aromatic rings. The largest absolute Gasteiger partial charge is 0.487 e. The van der Waals surface area contributed by atoms with Crippen molar-refractivity contribution in [3.63, 3.8) is 0 Å². The lowest BCUT2D eigenvalue weighted by molar-refractivity contribution is 0.0812. The number of hydrogen-bond acceptors (Lipinski definition) is 2. The summed E-state index contributed by atoms with van der Waals surface area (Å²) >= 11 is 0. The molecule has 0 aromatic heterocycles. The van der Waals surface area contributed by atoms with Crippen molar-refractivity contribution in [2.24, 2.45) is 0 Å². The molecule has 0 bridgehead atoms. The van der Waals surface area contributed by atoms with Crippen molar-refractivity contribution in [3.8, 4) is 5.75 Å². The monoisotopic (exact) mass is 333 g/mol. The van der Waals surface area contributed by atoms with Crippen LogP contribution in [0.5, 0.6) is 5.75 Å². The summed E-state index contributed by atoms with van der Waals surface area (Å²) in [6.45, 7) is 10.7. The van der Waals surface area contributed by atoms with Crippen LogP contribution in [-0.2, 0) is 11.0 Å². The molecule has 0 aliphatic rings. The topological polar surface area (TPSA) is 38.3 Å². The molecule has 1 N–H and O–H groups in total. The fraction of sp³-hybridized carbons (Fsp3) is 0.625. The molecule has 0 heterocycles. The van der Waals surface area contributed by atoms with Gasteiger partial charge in [0.15, 0.2) is 0 Å². The zero-order chi connectivity index (χ0) is 17.1. The third-order valence-electron chi connectivity index (χ3n) is 3.18. The summed E-state index contributed by atoms with van der Waals surface area (Å²) in [6, 6.07) is 3.65. The van der Waals surface area contributed by atoms with Gasteiger partial charge in [-0.25, -0.2) is 17.7 Å². The van der Waals surface area contributed by atoms with Gasteiger partial charge < -0.3 is 4.74 Å². The van der Waals surface area contributed by atoms with Crippen molar-refractivity contribution in [3.05, 3.63) is 28.8 Å². The van der Waals surface area contributed by atoms with Gasteiger partial charge in [-0.15, -0.1) is 0 Å². The summed E-state index contributed by atoms with van der Waals surface area (Å²) < 4.78 is 44.6. The van der Waals surface area contributed by atoms with Crippen molar-refractivity contribution in [2.75, 3.05) is 6.61 Å². The Morgan fingerprint density at radius 2 is 1.73 bits per heavy atom. The fourth-order valence-corrected chi connectivity index (χ4v) is 2.82. The van der Waals surface area contributed by atoms with Crippen LogP contribution in [0.3, 0.4) is 0 Å². The van der Waals surface area contributed by atoms with Crippen molar-refractivity contribution >= 4 is 11.0 Å². The molecule has 0 radical (unpaired) electrons. The number of alkyl halides is 2. The van der Waals surface area contributed by atoms with E-state index in [1.807, 2.05) is 53.7 Å². The lowest BCUT2D eigenvalue weighted by Gasteiger charge is -2.23. The smallest absolute Gasteiger partial charge is 0.272 e. The Bertz CT molecular complexity index is 518. The van der Waals surface area contributed by atoms with E-state index in [0.29, 0.717) is 5.75 Å². The van der Waals surface area contributed by atoms with E-state index >= 15 is 0 Å². The summed E-state index contributed by atoms with van der Waals surface area (Å²) in [6.07, 6.45) is -2.49. The Hall–Kier alpha value is -1.01. The Kier molecular flexibility index (Phi) is 6.50. The van der Waals surface area contributed by atoms with Gasteiger partial charge in [-0.2, -0.15) is 0 Å². The Morgan fingerprint density at radius 3 is 2.14 bits per heavy atom. The van der Waals surface area contributed by atoms with Gasteiger partial charge in [0.05, 0.1) is 15.7 Å². The van der Waals surface area contributed by atoms with Gasteiger partial charge in [0.25, 0.3) is 6.43 Å². The highest BCUT2D eigenvalue weighted by Crippen LogP contribution is 2.28. The number of hydrogen-bond donors (Lipinski definition) is 1. The molecule has 126 valence electrons. The Labute approximate surface area is 134 Å². The van der Waals surface area contributed by atoms with Crippen LogP contribution in [0.25, 0.3) is 0 Å². The minimum absolute atomic E-state index is 0.110. The number of rotatable bonds is 6. The standard InChI is InChI=1S/C16H25F2NO2S/c1-10-7-13(12(3)19-22(20)16(4,5)6)8-11(2)15(10)21-9-14(17)18/h7-8,12,14,19H,9H2,1-6H3/t12-,22?/m1/s1. The first-order valence-corrected chi connectivity index (χ1v) is 8.37. The summed E-state index contributed by atoms with van der Waals surface area (Å²) in [4.78, 5) is 0. The molecule has 22 heavy (non-hydrogen) atoms. The van der Waals surface area contributed by atoms with Gasteiger partial charge in [0.1, 0.15) is 12.4 Å². The highest BCUT2D eigenvalue weighted by atomic mass is 32.2. The van der Waals surface area contributed by atoms with Gasteiger partial charge in [0.2, 0.25) is 0 Å². The van der Waals surface area contributed by atoms with Crippen molar-refractivity contribution in [2.45, 2.75) is 58.8 Å². The highest BCUT2D eigenvalue weighted by Gasteiger charge is 2.22. The zero-order valence-corrected chi connectivity index (χ0v) is 14.8. The highest BCUT2D eigenvalue weighted by molar-refractivity contribution is 7.84. The predicted octanol–water partition coefficient (Wildman–Crippen LogP) is 4.06. The third-order valence-corrected chi connectivity index (χ3v) is 4.86. The number of nitrogens with one attached hydrogen (secondary N) is 1. The van der Waals surface area contributed by atoms with Gasteiger partial charge in [-0.1, -0.05) is 12.1 Å². The Balaban J connectivity index is 2.91. The molecule has 2 atom stereocenters. The quantitative estimate of drug-likeness (QED) is 0.852. The molecule has 0 spiro atoms. The maximum absolute atomic E-state index is 12.3. The third kappa shape index (κ3) is 5.32. The molecule has 1 rings (SSSR count).